The number of ether oxygens (including phenoxy) is 3. The van der Waals surface area contributed by atoms with Crippen molar-refractivity contribution in [3.8, 4) is 0 Å². The first-order chi connectivity index (χ1) is 9.29. The van der Waals surface area contributed by atoms with Gasteiger partial charge in [-0.15, -0.1) is 0 Å². The zero-order chi connectivity index (χ0) is 13.6. The first-order valence-electron chi connectivity index (χ1n) is 7.67. The predicted molar refractivity (Wildman–Crippen MR) is 75.4 cm³/mol. The van der Waals surface area contributed by atoms with Gasteiger partial charge in [0.25, 0.3) is 0 Å². The van der Waals surface area contributed by atoms with Gasteiger partial charge in [-0.3, -0.25) is 0 Å². The van der Waals surface area contributed by atoms with Crippen LogP contribution in [0.5, 0.6) is 0 Å². The van der Waals surface area contributed by atoms with Crippen molar-refractivity contribution in [1.82, 2.24) is 5.32 Å². The van der Waals surface area contributed by atoms with Crippen LogP contribution in [0.1, 0.15) is 38.5 Å². The van der Waals surface area contributed by atoms with E-state index in [1.54, 1.807) is 7.11 Å². The molecular formula is C15H29NO3. The molecule has 1 heterocycles. The Labute approximate surface area is 117 Å². The van der Waals surface area contributed by atoms with Crippen molar-refractivity contribution >= 4 is 0 Å². The Morgan fingerprint density at radius 3 is 2.79 bits per heavy atom. The molecule has 1 aliphatic carbocycles. The number of rotatable bonds is 8. The Bertz CT molecular complexity index is 256. The fourth-order valence-corrected chi connectivity index (χ4v) is 3.40. The number of hydrogen-bond acceptors (Lipinski definition) is 4. The van der Waals surface area contributed by atoms with Gasteiger partial charge < -0.3 is 19.5 Å². The lowest BCUT2D eigenvalue weighted by Crippen LogP contribution is -2.50. The maximum absolute atomic E-state index is 6.01. The third-order valence-corrected chi connectivity index (χ3v) is 4.74. The van der Waals surface area contributed by atoms with Gasteiger partial charge in [-0.1, -0.05) is 0 Å². The first-order valence-corrected chi connectivity index (χ1v) is 7.67. The first kappa shape index (κ1) is 15.2. The summed E-state index contributed by atoms with van der Waals surface area (Å²) in [6, 6.07) is 0.559. The summed E-state index contributed by atoms with van der Waals surface area (Å²) in [6.45, 7) is 3.14. The van der Waals surface area contributed by atoms with E-state index in [0.29, 0.717) is 19.3 Å². The highest BCUT2D eigenvalue weighted by Crippen LogP contribution is 2.45. The highest BCUT2D eigenvalue weighted by Gasteiger charge is 2.43. The quantitative estimate of drug-likeness (QED) is 0.685. The van der Waals surface area contributed by atoms with Crippen LogP contribution in [0.3, 0.4) is 0 Å². The predicted octanol–water partition coefficient (Wildman–Crippen LogP) is 1.98. The molecule has 2 unspecified atom stereocenters. The molecule has 1 saturated carbocycles. The van der Waals surface area contributed by atoms with E-state index in [-0.39, 0.29) is 5.60 Å². The number of methoxy groups -OCH3 is 1. The minimum Gasteiger partial charge on any atom is -0.382 e. The largest absolute Gasteiger partial charge is 0.382 e. The summed E-state index contributed by atoms with van der Waals surface area (Å²) >= 11 is 0. The van der Waals surface area contributed by atoms with Crippen molar-refractivity contribution in [3.05, 3.63) is 0 Å². The van der Waals surface area contributed by atoms with Gasteiger partial charge in [-0.25, -0.2) is 0 Å². The third kappa shape index (κ3) is 4.15. The Morgan fingerprint density at radius 2 is 2.16 bits per heavy atom. The van der Waals surface area contributed by atoms with Gasteiger partial charge in [-0.2, -0.15) is 0 Å². The maximum Gasteiger partial charge on any atom is 0.0700 e. The van der Waals surface area contributed by atoms with Crippen LogP contribution in [0.2, 0.25) is 0 Å². The van der Waals surface area contributed by atoms with Gasteiger partial charge in [-0.05, 0) is 51.5 Å². The molecule has 19 heavy (non-hydrogen) atoms. The second-order valence-electron chi connectivity index (χ2n) is 5.93. The SMILES string of the molecule is CNC(CCOCCOC)C1CCOC2(CCC2)C1. The van der Waals surface area contributed by atoms with E-state index < -0.39 is 0 Å². The van der Waals surface area contributed by atoms with Crippen LogP contribution < -0.4 is 5.32 Å². The zero-order valence-corrected chi connectivity index (χ0v) is 12.5. The van der Waals surface area contributed by atoms with Gasteiger partial charge in [0.05, 0.1) is 18.8 Å². The molecule has 0 aromatic heterocycles. The zero-order valence-electron chi connectivity index (χ0n) is 12.5. The van der Waals surface area contributed by atoms with Crippen LogP contribution in [0.25, 0.3) is 0 Å². The van der Waals surface area contributed by atoms with Crippen LogP contribution >= 0.6 is 0 Å². The molecule has 2 fully saturated rings. The van der Waals surface area contributed by atoms with Gasteiger partial charge >= 0.3 is 0 Å². The molecule has 1 spiro atoms. The van der Waals surface area contributed by atoms with Gasteiger partial charge in [0, 0.05) is 26.4 Å². The average molecular weight is 271 g/mol. The number of nitrogens with one attached hydrogen (secondary N) is 1. The third-order valence-electron chi connectivity index (χ3n) is 4.74. The van der Waals surface area contributed by atoms with Gasteiger partial charge in [0.1, 0.15) is 0 Å². The number of hydrogen-bond donors (Lipinski definition) is 1. The lowest BCUT2D eigenvalue weighted by molar-refractivity contribution is -0.147. The van der Waals surface area contributed by atoms with Crippen LogP contribution in [0.15, 0.2) is 0 Å². The molecule has 4 nitrogen and oxygen atoms in total. The van der Waals surface area contributed by atoms with Crippen molar-refractivity contribution in [3.63, 3.8) is 0 Å². The lowest BCUT2D eigenvalue weighted by Gasteiger charge is -2.48. The molecular weight excluding hydrogens is 242 g/mol. The van der Waals surface area contributed by atoms with E-state index in [9.17, 15) is 0 Å². The fourth-order valence-electron chi connectivity index (χ4n) is 3.40. The van der Waals surface area contributed by atoms with Crippen molar-refractivity contribution in [2.75, 3.05) is 40.6 Å². The van der Waals surface area contributed by atoms with E-state index >= 15 is 0 Å². The molecule has 0 aromatic carbocycles. The Hall–Kier alpha value is -0.160. The molecule has 4 heteroatoms. The fraction of sp³-hybridized carbons (Fsp3) is 1.00. The summed E-state index contributed by atoms with van der Waals surface area (Å²) in [5, 5.41) is 3.48. The summed E-state index contributed by atoms with van der Waals surface area (Å²) in [6.07, 6.45) is 7.38. The van der Waals surface area contributed by atoms with Crippen LogP contribution in [-0.4, -0.2) is 52.2 Å². The molecule has 0 bridgehead atoms. The molecule has 1 N–H and O–H groups in total. The molecule has 1 aliphatic heterocycles. The monoisotopic (exact) mass is 271 g/mol. The summed E-state index contributed by atoms with van der Waals surface area (Å²) in [7, 11) is 3.78. The Balaban J connectivity index is 1.70. The average Bonchev–Trinajstić information content (AvgIpc) is 2.41. The second-order valence-corrected chi connectivity index (χ2v) is 5.93. The summed E-state index contributed by atoms with van der Waals surface area (Å²) in [4.78, 5) is 0. The van der Waals surface area contributed by atoms with Crippen molar-refractivity contribution < 1.29 is 14.2 Å². The lowest BCUT2D eigenvalue weighted by atomic mass is 9.70. The van der Waals surface area contributed by atoms with Gasteiger partial charge in [0.15, 0.2) is 0 Å². The van der Waals surface area contributed by atoms with Crippen LogP contribution in [-0.2, 0) is 14.2 Å². The smallest absolute Gasteiger partial charge is 0.0700 e. The van der Waals surface area contributed by atoms with Crippen molar-refractivity contribution in [1.29, 1.82) is 0 Å². The van der Waals surface area contributed by atoms with Crippen molar-refractivity contribution in [2.45, 2.75) is 50.2 Å². The molecule has 0 aromatic rings. The van der Waals surface area contributed by atoms with E-state index in [1.165, 1.54) is 32.1 Å². The van der Waals surface area contributed by atoms with E-state index in [1.807, 2.05) is 0 Å². The molecule has 112 valence electrons. The normalized spacial score (nSPS) is 27.2. The van der Waals surface area contributed by atoms with Crippen LogP contribution in [0.4, 0.5) is 0 Å². The van der Waals surface area contributed by atoms with E-state index in [4.69, 9.17) is 14.2 Å². The maximum atomic E-state index is 6.01. The summed E-state index contributed by atoms with van der Waals surface area (Å²) < 4.78 is 16.6. The molecule has 1 saturated heterocycles. The summed E-state index contributed by atoms with van der Waals surface area (Å²) in [5.41, 5.74) is 0.245. The molecule has 0 amide bonds. The highest BCUT2D eigenvalue weighted by molar-refractivity contribution is 4.96. The van der Waals surface area contributed by atoms with E-state index in [0.717, 1.165) is 25.6 Å². The minimum absolute atomic E-state index is 0.245. The van der Waals surface area contributed by atoms with Gasteiger partial charge in [0.2, 0.25) is 0 Å². The molecule has 2 atom stereocenters. The van der Waals surface area contributed by atoms with Crippen LogP contribution in [0, 0.1) is 5.92 Å². The molecule has 2 rings (SSSR count). The molecule has 2 aliphatic rings. The standard InChI is InChI=1S/C15H29NO3/c1-16-14(5-8-18-11-10-17-2)13-4-9-19-15(12-13)6-3-7-15/h13-14,16H,3-12H2,1-2H3. The Morgan fingerprint density at radius 1 is 1.32 bits per heavy atom. The summed E-state index contributed by atoms with van der Waals surface area (Å²) in [5.74, 6) is 0.741. The minimum atomic E-state index is 0.245. The van der Waals surface area contributed by atoms with Crippen molar-refractivity contribution in [2.24, 2.45) is 5.92 Å². The highest BCUT2D eigenvalue weighted by atomic mass is 16.5. The van der Waals surface area contributed by atoms with E-state index in [2.05, 4.69) is 12.4 Å². The molecule has 0 radical (unpaired) electrons. The Kier molecular flexibility index (Phi) is 6.07. The topological polar surface area (TPSA) is 39.7 Å². The second kappa shape index (κ2) is 7.58.